The highest BCUT2D eigenvalue weighted by Crippen LogP contribution is 2.20. The summed E-state index contributed by atoms with van der Waals surface area (Å²) in [6.45, 7) is 2.43. The van der Waals surface area contributed by atoms with E-state index in [2.05, 4.69) is 26.6 Å². The Morgan fingerprint density at radius 1 is 1.32 bits per heavy atom. The molecule has 104 valence electrons. The van der Waals surface area contributed by atoms with Gasteiger partial charge in [-0.1, -0.05) is 41.3 Å². The summed E-state index contributed by atoms with van der Waals surface area (Å²) >= 11 is 3.47. The normalized spacial score (nSPS) is 16.3. The first-order valence-electron chi connectivity index (χ1n) is 6.94. The van der Waals surface area contributed by atoms with Gasteiger partial charge in [-0.25, -0.2) is 0 Å². The van der Waals surface area contributed by atoms with Gasteiger partial charge >= 0.3 is 0 Å². The van der Waals surface area contributed by atoms with Crippen LogP contribution in [-0.2, 0) is 4.79 Å². The maximum absolute atomic E-state index is 11.9. The Hall–Kier alpha value is -0.870. The van der Waals surface area contributed by atoms with Crippen LogP contribution in [0, 0.1) is 6.92 Å². The maximum atomic E-state index is 11.9. The molecule has 1 aliphatic carbocycles. The fourth-order valence-electron chi connectivity index (χ4n) is 2.42. The minimum absolute atomic E-state index is 0.0290. The van der Waals surface area contributed by atoms with Gasteiger partial charge in [0.1, 0.15) is 0 Å². The highest BCUT2D eigenvalue weighted by molar-refractivity contribution is 9.10. The van der Waals surface area contributed by atoms with E-state index < -0.39 is 0 Å². The van der Waals surface area contributed by atoms with Crippen molar-refractivity contribution in [3.8, 4) is 0 Å². The number of hydrogen-bond donors (Lipinski definition) is 2. The second kappa shape index (κ2) is 7.06. The molecular weight excluding hydrogens is 304 g/mol. The quantitative estimate of drug-likeness (QED) is 0.888. The lowest BCUT2D eigenvalue weighted by atomic mass is 9.95. The number of rotatable bonds is 4. The van der Waals surface area contributed by atoms with E-state index in [1.807, 2.05) is 25.1 Å². The van der Waals surface area contributed by atoms with E-state index in [0.29, 0.717) is 12.6 Å². The van der Waals surface area contributed by atoms with Crippen molar-refractivity contribution < 1.29 is 4.79 Å². The van der Waals surface area contributed by atoms with Crippen LogP contribution >= 0.6 is 15.9 Å². The molecule has 0 radical (unpaired) electrons. The SMILES string of the molecule is Cc1ccc(NC(=O)CNC2CCCCC2)cc1Br. The average Bonchev–Trinajstić information content (AvgIpc) is 2.42. The smallest absolute Gasteiger partial charge is 0.238 e. The number of amides is 1. The van der Waals surface area contributed by atoms with Gasteiger partial charge in [0.05, 0.1) is 6.54 Å². The number of benzene rings is 1. The zero-order valence-corrected chi connectivity index (χ0v) is 12.9. The molecule has 1 fully saturated rings. The molecule has 0 saturated heterocycles. The van der Waals surface area contributed by atoms with Gasteiger partial charge in [0.25, 0.3) is 0 Å². The van der Waals surface area contributed by atoms with E-state index in [1.165, 1.54) is 37.7 Å². The van der Waals surface area contributed by atoms with Crippen LogP contribution in [0.5, 0.6) is 0 Å². The molecule has 0 unspecified atom stereocenters. The molecule has 0 aliphatic heterocycles. The summed E-state index contributed by atoms with van der Waals surface area (Å²) in [6.07, 6.45) is 6.29. The lowest BCUT2D eigenvalue weighted by Gasteiger charge is -2.22. The zero-order chi connectivity index (χ0) is 13.7. The van der Waals surface area contributed by atoms with Crippen LogP contribution in [0.15, 0.2) is 22.7 Å². The number of aryl methyl sites for hydroxylation is 1. The van der Waals surface area contributed by atoms with Gasteiger partial charge < -0.3 is 10.6 Å². The van der Waals surface area contributed by atoms with Gasteiger partial charge in [-0.15, -0.1) is 0 Å². The number of anilines is 1. The molecule has 0 spiro atoms. The van der Waals surface area contributed by atoms with Crippen molar-refractivity contribution in [3.63, 3.8) is 0 Å². The minimum atomic E-state index is 0.0290. The maximum Gasteiger partial charge on any atom is 0.238 e. The Labute approximate surface area is 123 Å². The number of carbonyl (C=O) groups is 1. The largest absolute Gasteiger partial charge is 0.325 e. The Bertz CT molecular complexity index is 442. The molecule has 3 nitrogen and oxygen atoms in total. The molecule has 2 rings (SSSR count). The van der Waals surface area contributed by atoms with E-state index in [0.717, 1.165) is 10.2 Å². The van der Waals surface area contributed by atoms with Gasteiger partial charge in [0.15, 0.2) is 0 Å². The van der Waals surface area contributed by atoms with Crippen LogP contribution < -0.4 is 10.6 Å². The summed E-state index contributed by atoms with van der Waals surface area (Å²) in [5.74, 6) is 0.0290. The molecule has 0 heterocycles. The summed E-state index contributed by atoms with van der Waals surface area (Å²) in [5.41, 5.74) is 2.01. The molecule has 1 saturated carbocycles. The molecule has 1 aromatic rings. The fourth-order valence-corrected chi connectivity index (χ4v) is 2.80. The summed E-state index contributed by atoms with van der Waals surface area (Å²) < 4.78 is 1.02. The third kappa shape index (κ3) is 4.62. The Morgan fingerprint density at radius 3 is 2.74 bits per heavy atom. The van der Waals surface area contributed by atoms with Crippen LogP contribution in [0.1, 0.15) is 37.7 Å². The first kappa shape index (κ1) is 14.5. The van der Waals surface area contributed by atoms with Crippen molar-refractivity contribution >= 4 is 27.5 Å². The van der Waals surface area contributed by atoms with Crippen LogP contribution in [0.2, 0.25) is 0 Å². The second-order valence-corrected chi connectivity index (χ2v) is 6.08. The van der Waals surface area contributed by atoms with Crippen LogP contribution in [0.4, 0.5) is 5.69 Å². The van der Waals surface area contributed by atoms with E-state index in [9.17, 15) is 4.79 Å². The van der Waals surface area contributed by atoms with E-state index in [1.54, 1.807) is 0 Å². The van der Waals surface area contributed by atoms with Crippen molar-refractivity contribution in [1.82, 2.24) is 5.32 Å². The predicted molar refractivity (Wildman–Crippen MR) is 82.4 cm³/mol. The molecule has 1 amide bonds. The molecule has 2 N–H and O–H groups in total. The molecule has 0 atom stereocenters. The Balaban J connectivity index is 1.78. The summed E-state index contributed by atoms with van der Waals surface area (Å²) in [7, 11) is 0. The van der Waals surface area contributed by atoms with Gasteiger partial charge in [-0.3, -0.25) is 4.79 Å². The Morgan fingerprint density at radius 2 is 2.05 bits per heavy atom. The first-order chi connectivity index (χ1) is 9.15. The van der Waals surface area contributed by atoms with Crippen LogP contribution in [0.3, 0.4) is 0 Å². The second-order valence-electron chi connectivity index (χ2n) is 5.23. The standard InChI is InChI=1S/C15H21BrN2O/c1-11-7-8-13(9-14(11)16)18-15(19)10-17-12-5-3-2-4-6-12/h7-9,12,17H,2-6,10H2,1H3,(H,18,19). The van der Waals surface area contributed by atoms with Crippen molar-refractivity contribution in [2.24, 2.45) is 0 Å². The number of nitrogens with one attached hydrogen (secondary N) is 2. The van der Waals surface area contributed by atoms with Crippen molar-refractivity contribution in [1.29, 1.82) is 0 Å². The average molecular weight is 325 g/mol. The van der Waals surface area contributed by atoms with E-state index >= 15 is 0 Å². The fraction of sp³-hybridized carbons (Fsp3) is 0.533. The van der Waals surface area contributed by atoms with Crippen molar-refractivity contribution in [2.45, 2.75) is 45.1 Å². The van der Waals surface area contributed by atoms with E-state index in [4.69, 9.17) is 0 Å². The highest BCUT2D eigenvalue weighted by Gasteiger charge is 2.13. The lowest BCUT2D eigenvalue weighted by molar-refractivity contribution is -0.115. The molecule has 1 aromatic carbocycles. The third-order valence-electron chi connectivity index (χ3n) is 3.61. The van der Waals surface area contributed by atoms with Crippen LogP contribution in [-0.4, -0.2) is 18.5 Å². The third-order valence-corrected chi connectivity index (χ3v) is 4.47. The van der Waals surface area contributed by atoms with Gasteiger partial charge in [-0.05, 0) is 37.5 Å². The number of halogens is 1. The van der Waals surface area contributed by atoms with Gasteiger partial charge in [0.2, 0.25) is 5.91 Å². The topological polar surface area (TPSA) is 41.1 Å². The Kier molecular flexibility index (Phi) is 5.40. The summed E-state index contributed by atoms with van der Waals surface area (Å²) in [6, 6.07) is 6.38. The van der Waals surface area contributed by atoms with Crippen molar-refractivity contribution in [2.75, 3.05) is 11.9 Å². The minimum Gasteiger partial charge on any atom is -0.325 e. The highest BCUT2D eigenvalue weighted by atomic mass is 79.9. The molecule has 1 aliphatic rings. The molecule has 0 aromatic heterocycles. The monoisotopic (exact) mass is 324 g/mol. The zero-order valence-electron chi connectivity index (χ0n) is 11.3. The summed E-state index contributed by atoms with van der Waals surface area (Å²) in [5, 5.41) is 6.26. The molecule has 0 bridgehead atoms. The van der Waals surface area contributed by atoms with Gasteiger partial charge in [0, 0.05) is 16.2 Å². The molecular formula is C15H21BrN2O. The summed E-state index contributed by atoms with van der Waals surface area (Å²) in [4.78, 5) is 11.9. The first-order valence-corrected chi connectivity index (χ1v) is 7.74. The predicted octanol–water partition coefficient (Wildman–Crippen LogP) is 3.62. The number of carbonyl (C=O) groups excluding carboxylic acids is 1. The van der Waals surface area contributed by atoms with Gasteiger partial charge in [-0.2, -0.15) is 0 Å². The number of hydrogen-bond acceptors (Lipinski definition) is 2. The molecule has 4 heteroatoms. The lowest BCUT2D eigenvalue weighted by Crippen LogP contribution is -2.37. The van der Waals surface area contributed by atoms with Crippen LogP contribution in [0.25, 0.3) is 0 Å². The van der Waals surface area contributed by atoms with Crippen molar-refractivity contribution in [3.05, 3.63) is 28.2 Å². The molecule has 19 heavy (non-hydrogen) atoms. The van der Waals surface area contributed by atoms with E-state index in [-0.39, 0.29) is 5.91 Å².